The van der Waals surface area contributed by atoms with Crippen LogP contribution in [-0.4, -0.2) is 67.2 Å². The Kier molecular flexibility index (Phi) is 3.82. The molecule has 0 aromatic heterocycles. The first kappa shape index (κ1) is 12.9. The summed E-state index contributed by atoms with van der Waals surface area (Å²) in [7, 11) is 4.84. The Morgan fingerprint density at radius 2 is 1.94 bits per heavy atom. The van der Waals surface area contributed by atoms with Crippen LogP contribution in [0.5, 0.6) is 0 Å². The number of nitrogens with zero attached hydrogens (tertiary/aromatic N) is 3. The summed E-state index contributed by atoms with van der Waals surface area (Å²) in [6, 6.07) is 0. The van der Waals surface area contributed by atoms with Crippen molar-refractivity contribution in [2.24, 2.45) is 0 Å². The van der Waals surface area contributed by atoms with Gasteiger partial charge in [-0.3, -0.25) is 24.7 Å². The predicted molar refractivity (Wildman–Crippen MR) is 56.5 cm³/mol. The van der Waals surface area contributed by atoms with Crippen LogP contribution in [0.4, 0.5) is 0 Å². The zero-order valence-electron chi connectivity index (χ0n) is 9.80. The highest BCUT2D eigenvalue weighted by Gasteiger charge is 2.49. The highest BCUT2D eigenvalue weighted by molar-refractivity contribution is 5.70. The molecule has 7 nitrogen and oxygen atoms in total. The number of likely N-dealkylation sites (N-methyl/N-ethyl adjacent to an activating group) is 2. The van der Waals surface area contributed by atoms with Crippen molar-refractivity contribution in [3.05, 3.63) is 10.1 Å². The van der Waals surface area contributed by atoms with Gasteiger partial charge in [-0.05, 0) is 14.1 Å². The molecule has 92 valence electrons. The largest absolute Gasteiger partial charge is 0.469 e. The SMILES string of the molecule is COC(=O)CC1([N+](=O)[O-])CN(C)CN(C)C1. The van der Waals surface area contributed by atoms with Gasteiger partial charge in [0.2, 0.25) is 0 Å². The van der Waals surface area contributed by atoms with Crippen LogP contribution in [0.1, 0.15) is 6.42 Å². The molecule has 0 aromatic rings. The standard InChI is InChI=1S/C9H17N3O4/c1-10-5-9(12(14)15,4-8(13)16-3)6-11(2)7-10/h4-7H2,1-3H3. The fourth-order valence-electron chi connectivity index (χ4n) is 2.20. The summed E-state index contributed by atoms with van der Waals surface area (Å²) in [4.78, 5) is 25.7. The fourth-order valence-corrected chi connectivity index (χ4v) is 2.20. The summed E-state index contributed by atoms with van der Waals surface area (Å²) in [6.45, 7) is 1.19. The van der Waals surface area contributed by atoms with Crippen LogP contribution in [-0.2, 0) is 9.53 Å². The first-order chi connectivity index (χ1) is 7.39. The minimum absolute atomic E-state index is 0.189. The third-order valence-electron chi connectivity index (χ3n) is 2.70. The summed E-state index contributed by atoms with van der Waals surface area (Å²) >= 11 is 0. The van der Waals surface area contributed by atoms with Crippen LogP contribution in [0.25, 0.3) is 0 Å². The highest BCUT2D eigenvalue weighted by Crippen LogP contribution is 2.22. The average molecular weight is 231 g/mol. The van der Waals surface area contributed by atoms with Crippen molar-refractivity contribution in [3.8, 4) is 0 Å². The Hall–Kier alpha value is -1.21. The van der Waals surface area contributed by atoms with E-state index in [1.54, 1.807) is 14.1 Å². The second-order valence-electron chi connectivity index (χ2n) is 4.40. The van der Waals surface area contributed by atoms with Crippen LogP contribution < -0.4 is 0 Å². The lowest BCUT2D eigenvalue weighted by Crippen LogP contribution is -2.62. The lowest BCUT2D eigenvalue weighted by atomic mass is 9.93. The predicted octanol–water partition coefficient (Wildman–Crippen LogP) is -0.600. The Morgan fingerprint density at radius 1 is 1.44 bits per heavy atom. The van der Waals surface area contributed by atoms with Gasteiger partial charge in [-0.15, -0.1) is 0 Å². The number of ether oxygens (including phenoxy) is 1. The van der Waals surface area contributed by atoms with E-state index in [1.165, 1.54) is 7.11 Å². The molecule has 1 fully saturated rings. The Bertz CT molecular complexity index is 284. The maximum Gasteiger partial charge on any atom is 0.312 e. The average Bonchev–Trinajstić information content (AvgIpc) is 2.15. The van der Waals surface area contributed by atoms with E-state index in [0.717, 1.165) is 0 Å². The minimum Gasteiger partial charge on any atom is -0.469 e. The minimum atomic E-state index is -1.26. The zero-order valence-corrected chi connectivity index (χ0v) is 9.80. The van der Waals surface area contributed by atoms with Gasteiger partial charge in [0, 0.05) is 4.92 Å². The van der Waals surface area contributed by atoms with E-state index in [-0.39, 0.29) is 24.4 Å². The number of nitro groups is 1. The Labute approximate surface area is 94.1 Å². The molecule has 1 rings (SSSR count). The topological polar surface area (TPSA) is 75.9 Å². The number of carbonyl (C=O) groups is 1. The monoisotopic (exact) mass is 231 g/mol. The summed E-state index contributed by atoms with van der Waals surface area (Å²) in [5.74, 6) is -0.541. The molecule has 1 aliphatic rings. The fraction of sp³-hybridized carbons (Fsp3) is 0.889. The molecule has 7 heteroatoms. The molecular formula is C9H17N3O4. The summed E-state index contributed by atoms with van der Waals surface area (Å²) < 4.78 is 4.52. The van der Waals surface area contributed by atoms with Gasteiger partial charge in [0.05, 0.1) is 26.9 Å². The van der Waals surface area contributed by atoms with Crippen molar-refractivity contribution in [1.29, 1.82) is 0 Å². The zero-order chi connectivity index (χ0) is 12.3. The third kappa shape index (κ3) is 2.67. The van der Waals surface area contributed by atoms with Gasteiger partial charge in [-0.2, -0.15) is 0 Å². The lowest BCUT2D eigenvalue weighted by molar-refractivity contribution is -0.574. The van der Waals surface area contributed by atoms with E-state index in [4.69, 9.17) is 0 Å². The third-order valence-corrected chi connectivity index (χ3v) is 2.70. The summed E-state index contributed by atoms with van der Waals surface area (Å²) in [5, 5.41) is 11.2. The Balaban J connectivity index is 2.87. The number of hydrogen-bond donors (Lipinski definition) is 0. The van der Waals surface area contributed by atoms with Gasteiger partial charge in [0.1, 0.15) is 6.42 Å². The van der Waals surface area contributed by atoms with Gasteiger partial charge < -0.3 is 4.74 Å². The van der Waals surface area contributed by atoms with Crippen LogP contribution in [0.15, 0.2) is 0 Å². The smallest absolute Gasteiger partial charge is 0.312 e. The maximum absolute atomic E-state index is 11.2. The number of methoxy groups -OCH3 is 1. The Morgan fingerprint density at radius 3 is 2.31 bits per heavy atom. The summed E-state index contributed by atoms with van der Waals surface area (Å²) in [5.41, 5.74) is -1.26. The van der Waals surface area contributed by atoms with Crippen molar-refractivity contribution >= 4 is 5.97 Å². The summed E-state index contributed by atoms with van der Waals surface area (Å²) in [6.07, 6.45) is -0.189. The first-order valence-electron chi connectivity index (χ1n) is 4.98. The van der Waals surface area contributed by atoms with E-state index in [0.29, 0.717) is 6.67 Å². The van der Waals surface area contributed by atoms with Crippen molar-refractivity contribution in [3.63, 3.8) is 0 Å². The molecular weight excluding hydrogens is 214 g/mol. The van der Waals surface area contributed by atoms with E-state index in [2.05, 4.69) is 4.74 Å². The molecule has 0 aliphatic carbocycles. The normalized spacial score (nSPS) is 21.7. The van der Waals surface area contributed by atoms with Gasteiger partial charge in [-0.25, -0.2) is 0 Å². The van der Waals surface area contributed by atoms with Gasteiger partial charge >= 0.3 is 5.97 Å². The lowest BCUT2D eigenvalue weighted by Gasteiger charge is -2.39. The highest BCUT2D eigenvalue weighted by atomic mass is 16.6. The number of hydrogen-bond acceptors (Lipinski definition) is 6. The molecule has 0 unspecified atom stereocenters. The molecule has 0 N–H and O–H groups in total. The number of carbonyl (C=O) groups excluding carboxylic acids is 1. The van der Waals surface area contributed by atoms with Gasteiger partial charge in [0.25, 0.3) is 5.54 Å². The molecule has 0 bridgehead atoms. The van der Waals surface area contributed by atoms with E-state index in [1.807, 2.05) is 9.80 Å². The van der Waals surface area contributed by atoms with Crippen molar-refractivity contribution in [2.45, 2.75) is 12.0 Å². The maximum atomic E-state index is 11.2. The quantitative estimate of drug-likeness (QED) is 0.367. The molecule has 0 atom stereocenters. The molecule has 0 radical (unpaired) electrons. The van der Waals surface area contributed by atoms with Gasteiger partial charge in [0.15, 0.2) is 0 Å². The van der Waals surface area contributed by atoms with Crippen molar-refractivity contribution < 1.29 is 14.5 Å². The number of rotatable bonds is 3. The molecule has 0 amide bonds. The van der Waals surface area contributed by atoms with Crippen molar-refractivity contribution in [2.75, 3.05) is 41.0 Å². The van der Waals surface area contributed by atoms with Gasteiger partial charge in [-0.1, -0.05) is 0 Å². The van der Waals surface area contributed by atoms with Crippen LogP contribution in [0.3, 0.4) is 0 Å². The molecule has 0 saturated carbocycles. The second kappa shape index (κ2) is 4.75. The molecule has 1 aliphatic heterocycles. The molecule has 16 heavy (non-hydrogen) atoms. The van der Waals surface area contributed by atoms with Crippen LogP contribution in [0.2, 0.25) is 0 Å². The van der Waals surface area contributed by atoms with E-state index >= 15 is 0 Å². The molecule has 1 heterocycles. The van der Waals surface area contributed by atoms with E-state index in [9.17, 15) is 14.9 Å². The molecule has 0 spiro atoms. The van der Waals surface area contributed by atoms with Crippen LogP contribution in [0, 0.1) is 10.1 Å². The second-order valence-corrected chi connectivity index (χ2v) is 4.40. The first-order valence-corrected chi connectivity index (χ1v) is 4.98. The molecule has 1 saturated heterocycles. The van der Waals surface area contributed by atoms with Crippen LogP contribution >= 0.6 is 0 Å². The molecule has 0 aromatic carbocycles. The number of esters is 1. The van der Waals surface area contributed by atoms with E-state index < -0.39 is 11.5 Å². The van der Waals surface area contributed by atoms with Crippen molar-refractivity contribution in [1.82, 2.24) is 9.80 Å².